The molecule has 0 aromatic rings. The van der Waals surface area contributed by atoms with Crippen molar-refractivity contribution < 1.29 is 0 Å². The van der Waals surface area contributed by atoms with E-state index in [9.17, 15) is 0 Å². The number of rotatable bonds is 2. The SMILES string of the molecule is NNC(=NC1CC1)C1CCCS1. The highest BCUT2D eigenvalue weighted by molar-refractivity contribution is 8.00. The fourth-order valence-corrected chi connectivity index (χ4v) is 2.64. The minimum Gasteiger partial charge on any atom is -0.311 e. The number of nitrogens with zero attached hydrogens (tertiary/aromatic N) is 1. The number of nitrogens with one attached hydrogen (secondary N) is 1. The van der Waals surface area contributed by atoms with Crippen LogP contribution in [0.15, 0.2) is 4.99 Å². The Bertz CT molecular complexity index is 183. The summed E-state index contributed by atoms with van der Waals surface area (Å²) in [6.45, 7) is 0. The van der Waals surface area contributed by atoms with Gasteiger partial charge in [0.1, 0.15) is 5.84 Å². The van der Waals surface area contributed by atoms with E-state index in [2.05, 4.69) is 10.4 Å². The van der Waals surface area contributed by atoms with E-state index in [0.717, 1.165) is 5.84 Å². The van der Waals surface area contributed by atoms with Crippen LogP contribution >= 0.6 is 11.8 Å². The standard InChI is InChI=1S/C8H15N3S/c9-11-8(10-6-3-4-6)7-2-1-5-12-7/h6-7H,1-5,9H2,(H,10,11). The second-order valence-electron chi connectivity index (χ2n) is 3.39. The van der Waals surface area contributed by atoms with Crippen molar-refractivity contribution in [1.29, 1.82) is 0 Å². The fraction of sp³-hybridized carbons (Fsp3) is 0.875. The minimum atomic E-state index is 0.551. The molecule has 0 radical (unpaired) electrons. The van der Waals surface area contributed by atoms with Crippen LogP contribution in [0, 0.1) is 0 Å². The predicted octanol–water partition coefficient (Wildman–Crippen LogP) is 0.906. The van der Waals surface area contributed by atoms with Gasteiger partial charge in [0.05, 0.1) is 11.3 Å². The zero-order chi connectivity index (χ0) is 8.39. The van der Waals surface area contributed by atoms with Crippen LogP contribution in [0.2, 0.25) is 0 Å². The van der Waals surface area contributed by atoms with Crippen LogP contribution in [-0.2, 0) is 0 Å². The van der Waals surface area contributed by atoms with Crippen LogP contribution in [0.1, 0.15) is 25.7 Å². The lowest BCUT2D eigenvalue weighted by atomic mass is 10.2. The van der Waals surface area contributed by atoms with Crippen LogP contribution in [0.25, 0.3) is 0 Å². The highest BCUT2D eigenvalue weighted by Gasteiger charge is 2.25. The Balaban J connectivity index is 1.95. The van der Waals surface area contributed by atoms with Crippen LogP contribution in [0.4, 0.5) is 0 Å². The molecule has 68 valence electrons. The summed E-state index contributed by atoms with van der Waals surface area (Å²) in [6, 6.07) is 0.581. The minimum absolute atomic E-state index is 0.551. The summed E-state index contributed by atoms with van der Waals surface area (Å²) in [5, 5.41) is 0.551. The second-order valence-corrected chi connectivity index (χ2v) is 4.70. The molecular formula is C8H15N3S. The van der Waals surface area contributed by atoms with E-state index in [0.29, 0.717) is 11.3 Å². The van der Waals surface area contributed by atoms with Crippen LogP contribution in [0.3, 0.4) is 0 Å². The zero-order valence-electron chi connectivity index (χ0n) is 7.12. The molecule has 3 N–H and O–H groups in total. The zero-order valence-corrected chi connectivity index (χ0v) is 7.94. The van der Waals surface area contributed by atoms with Crippen molar-refractivity contribution in [2.24, 2.45) is 10.8 Å². The van der Waals surface area contributed by atoms with Crippen molar-refractivity contribution in [3.05, 3.63) is 0 Å². The number of hydrogen-bond acceptors (Lipinski definition) is 3. The first kappa shape index (κ1) is 8.38. The van der Waals surface area contributed by atoms with Crippen molar-refractivity contribution in [2.45, 2.75) is 37.0 Å². The Labute approximate surface area is 77.2 Å². The molecule has 1 saturated heterocycles. The molecule has 0 spiro atoms. The lowest BCUT2D eigenvalue weighted by molar-refractivity contribution is 0.850. The first-order chi connectivity index (χ1) is 5.90. The van der Waals surface area contributed by atoms with Crippen molar-refractivity contribution in [3.63, 3.8) is 0 Å². The molecule has 2 fully saturated rings. The summed E-state index contributed by atoms with van der Waals surface area (Å²) in [4.78, 5) is 4.55. The molecule has 1 saturated carbocycles. The third kappa shape index (κ3) is 1.93. The average molecular weight is 185 g/mol. The van der Waals surface area contributed by atoms with Gasteiger partial charge in [-0.15, -0.1) is 0 Å². The molecule has 1 heterocycles. The van der Waals surface area contributed by atoms with Gasteiger partial charge in [-0.3, -0.25) is 4.99 Å². The van der Waals surface area contributed by atoms with Gasteiger partial charge in [0.2, 0.25) is 0 Å². The van der Waals surface area contributed by atoms with Crippen LogP contribution in [0.5, 0.6) is 0 Å². The van der Waals surface area contributed by atoms with Crippen LogP contribution < -0.4 is 11.3 Å². The number of amidine groups is 1. The van der Waals surface area contributed by atoms with E-state index >= 15 is 0 Å². The fourth-order valence-electron chi connectivity index (χ4n) is 1.41. The molecule has 3 nitrogen and oxygen atoms in total. The Morgan fingerprint density at radius 3 is 2.75 bits per heavy atom. The number of aliphatic imine (C=N–C) groups is 1. The normalized spacial score (nSPS) is 30.8. The maximum absolute atomic E-state index is 5.43. The van der Waals surface area contributed by atoms with Crippen LogP contribution in [-0.4, -0.2) is 22.9 Å². The monoisotopic (exact) mass is 185 g/mol. The summed E-state index contributed by atoms with van der Waals surface area (Å²) in [5.74, 6) is 7.72. The molecule has 2 rings (SSSR count). The molecule has 1 aliphatic heterocycles. The molecule has 1 aliphatic carbocycles. The van der Waals surface area contributed by atoms with E-state index in [1.165, 1.54) is 31.4 Å². The van der Waals surface area contributed by atoms with Gasteiger partial charge in [0, 0.05) is 0 Å². The Morgan fingerprint density at radius 1 is 1.42 bits per heavy atom. The predicted molar refractivity (Wildman–Crippen MR) is 53.3 cm³/mol. The van der Waals surface area contributed by atoms with Crippen molar-refractivity contribution in [1.82, 2.24) is 5.43 Å². The summed E-state index contributed by atoms with van der Waals surface area (Å²) in [7, 11) is 0. The molecule has 1 atom stereocenters. The van der Waals surface area contributed by atoms with E-state index in [4.69, 9.17) is 5.84 Å². The third-order valence-electron chi connectivity index (χ3n) is 2.25. The molecule has 12 heavy (non-hydrogen) atoms. The van der Waals surface area contributed by atoms with Crippen molar-refractivity contribution in [2.75, 3.05) is 5.75 Å². The van der Waals surface area contributed by atoms with Gasteiger partial charge in [-0.25, -0.2) is 5.84 Å². The summed E-state index contributed by atoms with van der Waals surface area (Å²) < 4.78 is 0. The lowest BCUT2D eigenvalue weighted by Crippen LogP contribution is -2.37. The molecule has 2 aliphatic rings. The number of nitrogens with two attached hydrogens (primary N) is 1. The van der Waals surface area contributed by atoms with E-state index in [1.807, 2.05) is 11.8 Å². The molecule has 0 amide bonds. The number of hydrazine groups is 1. The van der Waals surface area contributed by atoms with Gasteiger partial charge < -0.3 is 5.43 Å². The Kier molecular flexibility index (Phi) is 2.56. The summed E-state index contributed by atoms with van der Waals surface area (Å²) >= 11 is 1.97. The molecule has 0 aromatic carbocycles. The molecular weight excluding hydrogens is 170 g/mol. The van der Waals surface area contributed by atoms with E-state index in [-0.39, 0.29) is 0 Å². The van der Waals surface area contributed by atoms with Gasteiger partial charge in [-0.1, -0.05) is 0 Å². The average Bonchev–Trinajstić information content (AvgIpc) is 2.74. The lowest BCUT2D eigenvalue weighted by Gasteiger charge is -2.11. The highest BCUT2D eigenvalue weighted by Crippen LogP contribution is 2.29. The van der Waals surface area contributed by atoms with E-state index < -0.39 is 0 Å². The topological polar surface area (TPSA) is 50.4 Å². The smallest absolute Gasteiger partial charge is 0.124 e. The molecule has 0 bridgehead atoms. The maximum atomic E-state index is 5.43. The van der Waals surface area contributed by atoms with Gasteiger partial charge in [-0.2, -0.15) is 11.8 Å². The van der Waals surface area contributed by atoms with Gasteiger partial charge in [0.25, 0.3) is 0 Å². The van der Waals surface area contributed by atoms with Crippen molar-refractivity contribution in [3.8, 4) is 0 Å². The first-order valence-electron chi connectivity index (χ1n) is 4.56. The third-order valence-corrected chi connectivity index (χ3v) is 3.64. The molecule has 4 heteroatoms. The number of thioether (sulfide) groups is 1. The van der Waals surface area contributed by atoms with E-state index in [1.54, 1.807) is 0 Å². The van der Waals surface area contributed by atoms with Crippen molar-refractivity contribution >= 4 is 17.6 Å². The summed E-state index contributed by atoms with van der Waals surface area (Å²) in [5.41, 5.74) is 2.74. The molecule has 0 aromatic heterocycles. The number of hydrogen-bond donors (Lipinski definition) is 2. The quantitative estimate of drug-likeness (QED) is 0.291. The summed E-state index contributed by atoms with van der Waals surface area (Å²) in [6.07, 6.45) is 5.05. The Morgan fingerprint density at radius 2 is 2.25 bits per heavy atom. The first-order valence-corrected chi connectivity index (χ1v) is 5.61. The van der Waals surface area contributed by atoms with Gasteiger partial charge in [-0.05, 0) is 31.4 Å². The largest absolute Gasteiger partial charge is 0.311 e. The van der Waals surface area contributed by atoms with Gasteiger partial charge in [0.15, 0.2) is 0 Å². The van der Waals surface area contributed by atoms with Gasteiger partial charge >= 0.3 is 0 Å². The second kappa shape index (κ2) is 3.66. The highest BCUT2D eigenvalue weighted by atomic mass is 32.2. The molecule has 1 unspecified atom stereocenters. The maximum Gasteiger partial charge on any atom is 0.124 e. The Hall–Kier alpha value is -0.220.